The lowest BCUT2D eigenvalue weighted by Gasteiger charge is -2.14. The first-order valence-electron chi connectivity index (χ1n) is 5.84. The SMILES string of the molecule is C.C1=CC(Cc2cnc[nH]2)CCC1.CC#CC.O.O.O.O. The van der Waals surface area contributed by atoms with Crippen LogP contribution < -0.4 is 0 Å². The number of hydrogen-bond acceptors (Lipinski definition) is 1. The van der Waals surface area contributed by atoms with E-state index < -0.39 is 0 Å². The fourth-order valence-corrected chi connectivity index (χ4v) is 1.73. The summed E-state index contributed by atoms with van der Waals surface area (Å²) >= 11 is 0. The topological polar surface area (TPSA) is 155 Å². The fourth-order valence-electron chi connectivity index (χ4n) is 1.73. The molecule has 1 aliphatic carbocycles. The number of imidazole rings is 1. The highest BCUT2D eigenvalue weighted by Crippen LogP contribution is 2.19. The summed E-state index contributed by atoms with van der Waals surface area (Å²) in [6, 6.07) is 0. The van der Waals surface area contributed by atoms with Crippen molar-refractivity contribution in [3.05, 3.63) is 30.4 Å². The molecule has 0 saturated heterocycles. The highest BCUT2D eigenvalue weighted by Gasteiger charge is 2.09. The number of H-pyrrole nitrogens is 1. The van der Waals surface area contributed by atoms with Gasteiger partial charge in [0.05, 0.1) is 6.33 Å². The van der Waals surface area contributed by atoms with Crippen molar-refractivity contribution in [2.75, 3.05) is 0 Å². The van der Waals surface area contributed by atoms with Crippen molar-refractivity contribution in [3.8, 4) is 11.8 Å². The number of allylic oxidation sites excluding steroid dienone is 2. The van der Waals surface area contributed by atoms with Crippen molar-refractivity contribution in [1.29, 1.82) is 0 Å². The van der Waals surface area contributed by atoms with Crippen LogP contribution in [-0.2, 0) is 6.42 Å². The van der Waals surface area contributed by atoms with Gasteiger partial charge in [-0.05, 0) is 45.4 Å². The molecule has 0 spiro atoms. The molecule has 6 heteroatoms. The van der Waals surface area contributed by atoms with Crippen molar-refractivity contribution >= 4 is 0 Å². The van der Waals surface area contributed by atoms with E-state index in [1.165, 1.54) is 25.0 Å². The number of nitrogens with one attached hydrogen (secondary N) is 1. The number of aromatic nitrogens is 2. The van der Waals surface area contributed by atoms with Crippen LogP contribution in [0, 0.1) is 17.8 Å². The molecule has 6 nitrogen and oxygen atoms in total. The zero-order chi connectivity index (χ0) is 11.6. The van der Waals surface area contributed by atoms with Gasteiger partial charge in [0.15, 0.2) is 0 Å². The quantitative estimate of drug-likeness (QED) is 0.619. The van der Waals surface area contributed by atoms with Gasteiger partial charge >= 0.3 is 0 Å². The molecule has 1 aromatic heterocycles. The highest BCUT2D eigenvalue weighted by atomic mass is 16.0. The summed E-state index contributed by atoms with van der Waals surface area (Å²) in [7, 11) is 0. The van der Waals surface area contributed by atoms with Gasteiger partial charge in [-0.1, -0.05) is 19.6 Å². The number of hydrogen-bond donors (Lipinski definition) is 1. The Labute approximate surface area is 127 Å². The van der Waals surface area contributed by atoms with Crippen LogP contribution in [0.15, 0.2) is 24.7 Å². The minimum atomic E-state index is 0. The van der Waals surface area contributed by atoms with Crippen LogP contribution in [0.2, 0.25) is 0 Å². The molecule has 21 heavy (non-hydrogen) atoms. The Morgan fingerprint density at radius 3 is 2.19 bits per heavy atom. The largest absolute Gasteiger partial charge is 0.412 e. The molecule has 0 bridgehead atoms. The number of rotatable bonds is 2. The maximum atomic E-state index is 4.01. The van der Waals surface area contributed by atoms with Crippen molar-refractivity contribution in [3.63, 3.8) is 0 Å². The summed E-state index contributed by atoms with van der Waals surface area (Å²) in [4.78, 5) is 7.15. The summed E-state index contributed by atoms with van der Waals surface area (Å²) < 4.78 is 0. The van der Waals surface area contributed by atoms with E-state index in [9.17, 15) is 0 Å². The van der Waals surface area contributed by atoms with Gasteiger partial charge in [-0.25, -0.2) is 4.98 Å². The molecule has 1 heterocycles. The van der Waals surface area contributed by atoms with Crippen molar-refractivity contribution in [2.45, 2.75) is 47.0 Å². The van der Waals surface area contributed by atoms with Crippen molar-refractivity contribution in [2.24, 2.45) is 5.92 Å². The third kappa shape index (κ3) is 14.6. The normalized spacial score (nSPS) is 13.7. The Bertz CT molecular complexity index is 361. The van der Waals surface area contributed by atoms with E-state index in [1.807, 2.05) is 20.0 Å². The molecule has 126 valence electrons. The third-order valence-electron chi connectivity index (χ3n) is 2.64. The van der Waals surface area contributed by atoms with E-state index in [1.54, 1.807) is 6.33 Å². The Morgan fingerprint density at radius 2 is 1.81 bits per heavy atom. The Kier molecular flexibility index (Phi) is 31.1. The molecule has 0 saturated carbocycles. The molecular weight excluding hydrogens is 272 g/mol. The molecule has 0 aliphatic heterocycles. The average molecular weight is 304 g/mol. The average Bonchev–Trinajstić information content (AvgIpc) is 2.84. The van der Waals surface area contributed by atoms with Gasteiger partial charge in [0, 0.05) is 11.9 Å². The first kappa shape index (κ1) is 31.6. The molecule has 0 aromatic carbocycles. The van der Waals surface area contributed by atoms with E-state index in [4.69, 9.17) is 0 Å². The summed E-state index contributed by atoms with van der Waals surface area (Å²) in [5.41, 5.74) is 1.26. The first-order chi connectivity index (χ1) is 7.86. The van der Waals surface area contributed by atoms with E-state index in [0.717, 1.165) is 12.3 Å². The Hall–Kier alpha value is -1.65. The second-order valence-electron chi connectivity index (χ2n) is 3.90. The molecule has 9 N–H and O–H groups in total. The Morgan fingerprint density at radius 1 is 1.19 bits per heavy atom. The summed E-state index contributed by atoms with van der Waals surface area (Å²) in [5, 5.41) is 0. The predicted octanol–water partition coefficient (Wildman–Crippen LogP) is 0.675. The van der Waals surface area contributed by atoms with Crippen molar-refractivity contribution < 1.29 is 21.9 Å². The lowest BCUT2D eigenvalue weighted by Crippen LogP contribution is -2.04. The van der Waals surface area contributed by atoms with Gasteiger partial charge in [-0.2, -0.15) is 0 Å². The fraction of sp³-hybridized carbons (Fsp3) is 0.533. The molecular formula is C15H32N2O4. The van der Waals surface area contributed by atoms with E-state index in [2.05, 4.69) is 34.0 Å². The molecule has 1 aromatic rings. The zero-order valence-electron chi connectivity index (χ0n) is 12.2. The summed E-state index contributed by atoms with van der Waals surface area (Å²) in [6.07, 6.45) is 13.4. The van der Waals surface area contributed by atoms with Crippen LogP contribution in [-0.4, -0.2) is 31.9 Å². The van der Waals surface area contributed by atoms with Gasteiger partial charge in [0.2, 0.25) is 0 Å². The standard InChI is InChI=1S/C10H14N2.C4H6.CH4.4H2O/c1-2-4-9(5-3-1)6-10-7-11-8-12-10;1-3-4-2;;;;;/h2,4,7-9H,1,3,5-6H2,(H,11,12);1-2H3;1H4;4*1H2. The maximum Gasteiger partial charge on any atom is 0.0921 e. The molecule has 0 amide bonds. The molecule has 1 unspecified atom stereocenters. The summed E-state index contributed by atoms with van der Waals surface area (Å²) in [5.74, 6) is 6.10. The van der Waals surface area contributed by atoms with Crippen LogP contribution in [0.4, 0.5) is 0 Å². The minimum Gasteiger partial charge on any atom is -0.412 e. The highest BCUT2D eigenvalue weighted by molar-refractivity contribution is 5.02. The van der Waals surface area contributed by atoms with Gasteiger partial charge < -0.3 is 26.9 Å². The van der Waals surface area contributed by atoms with E-state index >= 15 is 0 Å². The van der Waals surface area contributed by atoms with E-state index in [0.29, 0.717) is 0 Å². The van der Waals surface area contributed by atoms with Crippen LogP contribution in [0.25, 0.3) is 0 Å². The van der Waals surface area contributed by atoms with Gasteiger partial charge in [0.1, 0.15) is 0 Å². The summed E-state index contributed by atoms with van der Waals surface area (Å²) in [6.45, 7) is 3.64. The monoisotopic (exact) mass is 304 g/mol. The lowest BCUT2D eigenvalue weighted by atomic mass is 9.92. The second kappa shape index (κ2) is 20.7. The third-order valence-corrected chi connectivity index (χ3v) is 2.64. The van der Waals surface area contributed by atoms with Crippen LogP contribution in [0.5, 0.6) is 0 Å². The molecule has 1 atom stereocenters. The van der Waals surface area contributed by atoms with Gasteiger partial charge in [-0.3, -0.25) is 0 Å². The molecule has 0 fully saturated rings. The van der Waals surface area contributed by atoms with Crippen molar-refractivity contribution in [1.82, 2.24) is 9.97 Å². The number of nitrogens with zero attached hydrogens (tertiary/aromatic N) is 1. The van der Waals surface area contributed by atoms with Gasteiger partial charge in [-0.15, -0.1) is 11.8 Å². The smallest absolute Gasteiger partial charge is 0.0921 e. The molecule has 2 rings (SSSR count). The lowest BCUT2D eigenvalue weighted by molar-refractivity contribution is 0.534. The number of aromatic amines is 1. The molecule has 1 aliphatic rings. The second-order valence-corrected chi connectivity index (χ2v) is 3.90. The van der Waals surface area contributed by atoms with E-state index in [-0.39, 0.29) is 29.3 Å². The van der Waals surface area contributed by atoms with Crippen LogP contribution in [0.1, 0.15) is 46.2 Å². The Balaban J connectivity index is -0.0000000864. The van der Waals surface area contributed by atoms with Gasteiger partial charge in [0.25, 0.3) is 0 Å². The zero-order valence-corrected chi connectivity index (χ0v) is 12.2. The van der Waals surface area contributed by atoms with Crippen LogP contribution in [0.3, 0.4) is 0 Å². The molecule has 0 radical (unpaired) electrons. The van der Waals surface area contributed by atoms with Crippen LogP contribution >= 0.6 is 0 Å². The first-order valence-corrected chi connectivity index (χ1v) is 5.84. The predicted molar refractivity (Wildman–Crippen MR) is 89.1 cm³/mol. The maximum absolute atomic E-state index is 4.01. The minimum absolute atomic E-state index is 0.